The molecule has 0 N–H and O–H groups in total. The van der Waals surface area contributed by atoms with E-state index in [1.165, 1.54) is 0 Å². The molecule has 2 atom stereocenters. The van der Waals surface area contributed by atoms with Gasteiger partial charge in [-0.3, -0.25) is 4.79 Å². The van der Waals surface area contributed by atoms with Crippen LogP contribution < -0.4 is 4.74 Å². The van der Waals surface area contributed by atoms with Crippen molar-refractivity contribution in [2.45, 2.75) is 39.9 Å². The van der Waals surface area contributed by atoms with Crippen molar-refractivity contribution >= 4 is 5.91 Å². The molecular weight excluding hydrogens is 330 g/mol. The molecule has 6 nitrogen and oxygen atoms in total. The van der Waals surface area contributed by atoms with E-state index >= 15 is 0 Å². The first-order valence-corrected chi connectivity index (χ1v) is 8.90. The van der Waals surface area contributed by atoms with Crippen LogP contribution in [0.15, 0.2) is 30.3 Å². The molecule has 0 bridgehead atoms. The molecule has 0 aliphatic carbocycles. The van der Waals surface area contributed by atoms with Gasteiger partial charge >= 0.3 is 0 Å². The summed E-state index contributed by atoms with van der Waals surface area (Å²) in [5, 5.41) is 0. The molecule has 0 spiro atoms. The Morgan fingerprint density at radius 3 is 2.46 bits per heavy atom. The first-order valence-electron chi connectivity index (χ1n) is 8.90. The van der Waals surface area contributed by atoms with E-state index in [4.69, 9.17) is 9.47 Å². The van der Waals surface area contributed by atoms with Crippen LogP contribution in [-0.4, -0.2) is 52.7 Å². The molecule has 6 heteroatoms. The number of hydrogen-bond donors (Lipinski definition) is 0. The number of benzene rings is 1. The number of ether oxygens (including phenoxy) is 2. The number of amides is 1. The third-order valence-electron chi connectivity index (χ3n) is 4.48. The zero-order valence-electron chi connectivity index (χ0n) is 15.7. The summed E-state index contributed by atoms with van der Waals surface area (Å²) >= 11 is 0. The highest BCUT2D eigenvalue weighted by molar-refractivity contribution is 5.78. The van der Waals surface area contributed by atoms with Crippen molar-refractivity contribution in [2.24, 2.45) is 0 Å². The zero-order valence-corrected chi connectivity index (χ0v) is 15.7. The van der Waals surface area contributed by atoms with E-state index < -0.39 is 0 Å². The lowest BCUT2D eigenvalue weighted by atomic mass is 10.2. The lowest BCUT2D eigenvalue weighted by Gasteiger charge is -2.35. The third kappa shape index (κ3) is 4.19. The van der Waals surface area contributed by atoms with Crippen LogP contribution in [-0.2, 0) is 9.53 Å². The molecule has 1 aliphatic heterocycles. The summed E-state index contributed by atoms with van der Waals surface area (Å²) in [6.07, 6.45) is 0.0748. The maximum absolute atomic E-state index is 12.5. The molecule has 1 aromatic carbocycles. The van der Waals surface area contributed by atoms with Crippen molar-refractivity contribution in [3.63, 3.8) is 0 Å². The smallest absolute Gasteiger partial charge is 0.260 e. The SMILES string of the molecule is Cc1nc(-c2ccccc2)nc(OCC(=O)N2CC(C)OC(C)C2)c1C. The van der Waals surface area contributed by atoms with Gasteiger partial charge in [0.25, 0.3) is 5.91 Å². The van der Waals surface area contributed by atoms with E-state index in [0.717, 1.165) is 16.8 Å². The average Bonchev–Trinajstić information content (AvgIpc) is 2.62. The molecule has 0 saturated carbocycles. The van der Waals surface area contributed by atoms with Gasteiger partial charge in [0.15, 0.2) is 12.4 Å². The fraction of sp³-hybridized carbons (Fsp3) is 0.450. The van der Waals surface area contributed by atoms with Crippen LogP contribution in [0.25, 0.3) is 11.4 Å². The molecule has 1 amide bonds. The minimum absolute atomic E-state index is 0.0367. The van der Waals surface area contributed by atoms with Crippen LogP contribution >= 0.6 is 0 Å². The van der Waals surface area contributed by atoms with Crippen molar-refractivity contribution in [1.82, 2.24) is 14.9 Å². The molecule has 2 aromatic rings. The normalized spacial score (nSPS) is 20.1. The van der Waals surface area contributed by atoms with E-state index in [9.17, 15) is 4.79 Å². The van der Waals surface area contributed by atoms with E-state index in [0.29, 0.717) is 24.8 Å². The fourth-order valence-electron chi connectivity index (χ4n) is 3.06. The first kappa shape index (κ1) is 18.3. The van der Waals surface area contributed by atoms with Gasteiger partial charge in [-0.1, -0.05) is 30.3 Å². The van der Waals surface area contributed by atoms with Gasteiger partial charge in [0.1, 0.15) is 0 Å². The van der Waals surface area contributed by atoms with Crippen LogP contribution in [0.5, 0.6) is 5.88 Å². The van der Waals surface area contributed by atoms with Crippen molar-refractivity contribution in [2.75, 3.05) is 19.7 Å². The van der Waals surface area contributed by atoms with E-state index in [1.54, 1.807) is 4.90 Å². The van der Waals surface area contributed by atoms with Crippen LogP contribution in [0.2, 0.25) is 0 Å². The monoisotopic (exact) mass is 355 g/mol. The summed E-state index contributed by atoms with van der Waals surface area (Å²) in [4.78, 5) is 23.4. The van der Waals surface area contributed by atoms with Gasteiger partial charge in [0, 0.05) is 29.9 Å². The first-order chi connectivity index (χ1) is 12.4. The molecule has 0 radical (unpaired) electrons. The number of rotatable bonds is 4. The second kappa shape index (κ2) is 7.83. The van der Waals surface area contributed by atoms with Crippen LogP contribution in [0.1, 0.15) is 25.1 Å². The van der Waals surface area contributed by atoms with E-state index in [2.05, 4.69) is 9.97 Å². The Balaban J connectivity index is 1.73. The number of carbonyl (C=O) groups excluding carboxylic acids is 1. The number of nitrogens with zero attached hydrogens (tertiary/aromatic N) is 3. The summed E-state index contributed by atoms with van der Waals surface area (Å²) in [6, 6.07) is 9.74. The summed E-state index contributed by atoms with van der Waals surface area (Å²) in [5.74, 6) is 1.01. The predicted octanol–water partition coefficient (Wildman–Crippen LogP) is 2.78. The number of morpholine rings is 1. The van der Waals surface area contributed by atoms with Crippen molar-refractivity contribution in [1.29, 1.82) is 0 Å². The lowest BCUT2D eigenvalue weighted by molar-refractivity contribution is -0.145. The highest BCUT2D eigenvalue weighted by Crippen LogP contribution is 2.23. The molecule has 26 heavy (non-hydrogen) atoms. The van der Waals surface area contributed by atoms with Crippen molar-refractivity contribution < 1.29 is 14.3 Å². The fourth-order valence-corrected chi connectivity index (χ4v) is 3.06. The Labute approximate surface area is 154 Å². The second-order valence-corrected chi connectivity index (χ2v) is 6.77. The van der Waals surface area contributed by atoms with E-state index in [1.807, 2.05) is 58.0 Å². The highest BCUT2D eigenvalue weighted by atomic mass is 16.5. The van der Waals surface area contributed by atoms with E-state index in [-0.39, 0.29) is 24.7 Å². The summed E-state index contributed by atoms with van der Waals surface area (Å²) in [7, 11) is 0. The lowest BCUT2D eigenvalue weighted by Crippen LogP contribution is -2.49. The number of hydrogen-bond acceptors (Lipinski definition) is 5. The molecule has 138 valence electrons. The highest BCUT2D eigenvalue weighted by Gasteiger charge is 2.26. The minimum Gasteiger partial charge on any atom is -0.467 e. The Kier molecular flexibility index (Phi) is 5.52. The summed E-state index contributed by atoms with van der Waals surface area (Å²) in [6.45, 7) is 8.91. The maximum Gasteiger partial charge on any atom is 0.260 e. The van der Waals surface area contributed by atoms with Gasteiger partial charge in [-0.25, -0.2) is 4.98 Å². The largest absolute Gasteiger partial charge is 0.467 e. The Bertz CT molecular complexity index is 769. The number of carbonyl (C=O) groups is 1. The quantitative estimate of drug-likeness (QED) is 0.844. The van der Waals surface area contributed by atoms with Gasteiger partial charge in [-0.05, 0) is 27.7 Å². The molecule has 2 unspecified atom stereocenters. The predicted molar refractivity (Wildman–Crippen MR) is 99.0 cm³/mol. The molecule has 2 heterocycles. The minimum atomic E-state index is -0.0519. The van der Waals surface area contributed by atoms with Crippen molar-refractivity contribution in [3.8, 4) is 17.3 Å². The molecule has 1 aromatic heterocycles. The van der Waals surface area contributed by atoms with Crippen LogP contribution in [0.3, 0.4) is 0 Å². The Morgan fingerprint density at radius 1 is 1.15 bits per heavy atom. The molecule has 1 fully saturated rings. The molecule has 3 rings (SSSR count). The number of aromatic nitrogens is 2. The molecular formula is C20H25N3O3. The molecule has 1 aliphatic rings. The maximum atomic E-state index is 12.5. The van der Waals surface area contributed by atoms with Gasteiger partial charge in [-0.15, -0.1) is 0 Å². The zero-order chi connectivity index (χ0) is 18.7. The third-order valence-corrected chi connectivity index (χ3v) is 4.48. The Morgan fingerprint density at radius 2 is 1.81 bits per heavy atom. The van der Waals surface area contributed by atoms with Gasteiger partial charge in [0.2, 0.25) is 5.88 Å². The van der Waals surface area contributed by atoms with Crippen LogP contribution in [0, 0.1) is 13.8 Å². The van der Waals surface area contributed by atoms with Crippen LogP contribution in [0.4, 0.5) is 0 Å². The summed E-state index contributed by atoms with van der Waals surface area (Å²) < 4.78 is 11.5. The second-order valence-electron chi connectivity index (χ2n) is 6.77. The standard InChI is InChI=1S/C20H25N3O3/c1-13-10-23(11-14(2)26-13)18(24)12-25-20-15(3)16(4)21-19(22-20)17-8-6-5-7-9-17/h5-9,13-14H,10-12H2,1-4H3. The van der Waals surface area contributed by atoms with Gasteiger partial charge in [0.05, 0.1) is 12.2 Å². The average molecular weight is 355 g/mol. The summed E-state index contributed by atoms with van der Waals surface area (Å²) in [5.41, 5.74) is 2.61. The molecule has 1 saturated heterocycles. The topological polar surface area (TPSA) is 64.6 Å². The van der Waals surface area contributed by atoms with Gasteiger partial charge < -0.3 is 14.4 Å². The Hall–Kier alpha value is -2.47. The van der Waals surface area contributed by atoms with Crippen molar-refractivity contribution in [3.05, 3.63) is 41.6 Å². The number of aryl methyl sites for hydroxylation is 1. The van der Waals surface area contributed by atoms with Gasteiger partial charge in [-0.2, -0.15) is 4.98 Å².